The van der Waals surface area contributed by atoms with Crippen LogP contribution in [0.15, 0.2) is 36.7 Å². The number of fused-ring (bicyclic) bond motifs is 1. The van der Waals surface area contributed by atoms with Gasteiger partial charge in [-0.25, -0.2) is 13.8 Å². The third-order valence-electron chi connectivity index (χ3n) is 5.31. The summed E-state index contributed by atoms with van der Waals surface area (Å²) in [4.78, 5) is 16.1. The molecule has 4 nitrogen and oxygen atoms in total. The summed E-state index contributed by atoms with van der Waals surface area (Å²) in [7, 11) is 0. The first kappa shape index (κ1) is 18.5. The number of rotatable bonds is 4. The lowest BCUT2D eigenvalue weighted by atomic mass is 9.95. The molecule has 1 aliphatic rings. The summed E-state index contributed by atoms with van der Waals surface area (Å²) in [6.45, 7) is -0.0397. The molecular weight excluding hydrogens is 367 g/mol. The maximum absolute atomic E-state index is 14.5. The number of hydrogen-bond acceptors (Lipinski definition) is 2. The van der Waals surface area contributed by atoms with E-state index in [1.807, 2.05) is 0 Å². The van der Waals surface area contributed by atoms with Crippen LogP contribution in [-0.4, -0.2) is 21.5 Å². The Hall–Kier alpha value is -2.83. The number of carbonyl (C=O) groups is 1. The van der Waals surface area contributed by atoms with E-state index in [0.717, 1.165) is 32.1 Å². The Labute approximate surface area is 160 Å². The minimum absolute atomic E-state index is 0.0397. The van der Waals surface area contributed by atoms with E-state index in [-0.39, 0.29) is 35.0 Å². The highest BCUT2D eigenvalue weighted by Crippen LogP contribution is 2.27. The number of hydrogen-bond donors (Lipinski definition) is 1. The van der Waals surface area contributed by atoms with Gasteiger partial charge in [0.1, 0.15) is 5.82 Å². The normalized spacial score (nSPS) is 15.1. The summed E-state index contributed by atoms with van der Waals surface area (Å²) in [6, 6.07) is 5.92. The number of nitrogens with zero attached hydrogens (tertiary/aromatic N) is 2. The van der Waals surface area contributed by atoms with Crippen LogP contribution in [0.1, 0.15) is 48.0 Å². The van der Waals surface area contributed by atoms with Crippen molar-refractivity contribution in [2.45, 2.75) is 44.7 Å². The van der Waals surface area contributed by atoms with Gasteiger partial charge in [0.2, 0.25) is 5.95 Å². The average Bonchev–Trinajstić information content (AvgIpc) is 3.06. The zero-order chi connectivity index (χ0) is 19.7. The molecular formula is C21H20F3N3O. The zero-order valence-corrected chi connectivity index (χ0v) is 15.2. The van der Waals surface area contributed by atoms with Gasteiger partial charge < -0.3 is 9.88 Å². The molecule has 0 bridgehead atoms. The predicted octanol–water partition coefficient (Wildman–Crippen LogP) is 4.56. The molecule has 3 aromatic rings. The van der Waals surface area contributed by atoms with Gasteiger partial charge in [-0.05, 0) is 31.0 Å². The summed E-state index contributed by atoms with van der Waals surface area (Å²) in [5, 5.41) is 3.18. The van der Waals surface area contributed by atoms with E-state index < -0.39 is 17.6 Å². The van der Waals surface area contributed by atoms with Crippen molar-refractivity contribution in [2.75, 3.05) is 0 Å². The van der Waals surface area contributed by atoms with E-state index in [0.29, 0.717) is 5.52 Å². The van der Waals surface area contributed by atoms with Crippen LogP contribution in [0.4, 0.5) is 13.2 Å². The molecule has 28 heavy (non-hydrogen) atoms. The molecule has 0 unspecified atom stereocenters. The fourth-order valence-electron chi connectivity index (χ4n) is 3.88. The minimum atomic E-state index is -1.18. The van der Waals surface area contributed by atoms with Crippen molar-refractivity contribution >= 4 is 16.8 Å². The number of amides is 1. The fraction of sp³-hybridized carbons (Fsp3) is 0.333. The Morgan fingerprint density at radius 1 is 1.14 bits per heavy atom. The Bertz CT molecular complexity index is 1030. The van der Waals surface area contributed by atoms with Gasteiger partial charge in [0.05, 0.1) is 17.6 Å². The van der Waals surface area contributed by atoms with Crippen molar-refractivity contribution in [3.05, 3.63) is 65.4 Å². The van der Waals surface area contributed by atoms with Crippen molar-refractivity contribution in [1.82, 2.24) is 14.9 Å². The largest absolute Gasteiger partial charge is 0.349 e. The van der Waals surface area contributed by atoms with Crippen LogP contribution in [0.25, 0.3) is 10.9 Å². The van der Waals surface area contributed by atoms with Crippen LogP contribution in [0, 0.1) is 17.6 Å². The van der Waals surface area contributed by atoms with Crippen LogP contribution in [0.5, 0.6) is 0 Å². The van der Waals surface area contributed by atoms with Crippen LogP contribution < -0.4 is 5.32 Å². The van der Waals surface area contributed by atoms with Crippen molar-refractivity contribution in [1.29, 1.82) is 0 Å². The summed E-state index contributed by atoms with van der Waals surface area (Å²) in [5.74, 6) is -3.10. The van der Waals surface area contributed by atoms with E-state index in [4.69, 9.17) is 0 Å². The first-order chi connectivity index (χ1) is 13.5. The van der Waals surface area contributed by atoms with Gasteiger partial charge in [-0.3, -0.25) is 4.79 Å². The van der Waals surface area contributed by atoms with Gasteiger partial charge in [-0.1, -0.05) is 25.3 Å². The third kappa shape index (κ3) is 3.48. The maximum Gasteiger partial charge on any atom is 0.253 e. The van der Waals surface area contributed by atoms with Gasteiger partial charge in [-0.15, -0.1) is 0 Å². The fourth-order valence-corrected chi connectivity index (χ4v) is 3.88. The summed E-state index contributed by atoms with van der Waals surface area (Å²) >= 11 is 0. The molecule has 1 saturated carbocycles. The number of nitrogens with one attached hydrogen (secondary N) is 1. The molecule has 0 spiro atoms. The lowest BCUT2D eigenvalue weighted by molar-refractivity contribution is 0.0929. The SMILES string of the molecule is O=C(NC1CCCCC1)c1cn(Cc2ccnc(F)c2F)c2cccc(F)c12. The number of carbonyl (C=O) groups excluding carboxylic acids is 1. The quantitative estimate of drug-likeness (QED) is 0.667. The number of halogens is 3. The van der Waals surface area contributed by atoms with Crippen LogP contribution in [0.3, 0.4) is 0 Å². The molecule has 0 aliphatic heterocycles. The van der Waals surface area contributed by atoms with E-state index in [1.165, 1.54) is 30.6 Å². The zero-order valence-electron chi connectivity index (χ0n) is 15.2. The average molecular weight is 387 g/mol. The summed E-state index contributed by atoms with van der Waals surface area (Å²) in [5.41, 5.74) is 0.729. The van der Waals surface area contributed by atoms with Gasteiger partial charge in [0, 0.05) is 29.4 Å². The second kappa shape index (κ2) is 7.66. The molecule has 1 aromatic carbocycles. The smallest absolute Gasteiger partial charge is 0.253 e. The van der Waals surface area contributed by atoms with E-state index in [2.05, 4.69) is 10.3 Å². The predicted molar refractivity (Wildman–Crippen MR) is 99.5 cm³/mol. The Morgan fingerprint density at radius 2 is 1.93 bits per heavy atom. The Balaban J connectivity index is 1.71. The van der Waals surface area contributed by atoms with E-state index >= 15 is 0 Å². The molecule has 146 valence electrons. The molecule has 1 amide bonds. The summed E-state index contributed by atoms with van der Waals surface area (Å²) < 4.78 is 43.6. The Morgan fingerprint density at radius 3 is 2.71 bits per heavy atom. The van der Waals surface area contributed by atoms with Gasteiger partial charge >= 0.3 is 0 Å². The van der Waals surface area contributed by atoms with Crippen molar-refractivity contribution in [3.63, 3.8) is 0 Å². The second-order valence-electron chi connectivity index (χ2n) is 7.19. The highest BCUT2D eigenvalue weighted by molar-refractivity contribution is 6.07. The minimum Gasteiger partial charge on any atom is -0.349 e. The lowest BCUT2D eigenvalue weighted by Gasteiger charge is -2.22. The second-order valence-corrected chi connectivity index (χ2v) is 7.19. The van der Waals surface area contributed by atoms with Crippen LogP contribution in [0.2, 0.25) is 0 Å². The summed E-state index contributed by atoms with van der Waals surface area (Å²) in [6.07, 6.45) is 7.79. The van der Waals surface area contributed by atoms with Gasteiger partial charge in [-0.2, -0.15) is 4.39 Å². The number of aromatic nitrogens is 2. The standard InChI is InChI=1S/C21H20F3N3O/c22-16-7-4-8-17-18(16)15(21(28)26-14-5-2-1-3-6-14)12-27(17)11-13-9-10-25-20(24)19(13)23/h4,7-10,12,14H,1-3,5-6,11H2,(H,26,28). The number of benzene rings is 1. The first-order valence-corrected chi connectivity index (χ1v) is 9.41. The lowest BCUT2D eigenvalue weighted by Crippen LogP contribution is -2.36. The highest BCUT2D eigenvalue weighted by Gasteiger charge is 2.22. The topological polar surface area (TPSA) is 46.9 Å². The van der Waals surface area contributed by atoms with Gasteiger partial charge in [0.15, 0.2) is 5.82 Å². The molecule has 2 aromatic heterocycles. The van der Waals surface area contributed by atoms with Crippen molar-refractivity contribution in [2.24, 2.45) is 0 Å². The van der Waals surface area contributed by atoms with Crippen LogP contribution in [-0.2, 0) is 6.54 Å². The van der Waals surface area contributed by atoms with Crippen molar-refractivity contribution in [3.8, 4) is 0 Å². The molecule has 1 aliphatic carbocycles. The van der Waals surface area contributed by atoms with Gasteiger partial charge in [0.25, 0.3) is 5.91 Å². The molecule has 1 N–H and O–H groups in total. The molecule has 7 heteroatoms. The van der Waals surface area contributed by atoms with Crippen LogP contribution >= 0.6 is 0 Å². The molecule has 4 rings (SSSR count). The molecule has 1 fully saturated rings. The third-order valence-corrected chi connectivity index (χ3v) is 5.31. The highest BCUT2D eigenvalue weighted by atomic mass is 19.2. The monoisotopic (exact) mass is 387 g/mol. The van der Waals surface area contributed by atoms with E-state index in [9.17, 15) is 18.0 Å². The number of pyridine rings is 1. The molecule has 2 heterocycles. The molecule has 0 radical (unpaired) electrons. The van der Waals surface area contributed by atoms with E-state index in [1.54, 1.807) is 10.6 Å². The first-order valence-electron chi connectivity index (χ1n) is 9.41. The Kier molecular flexibility index (Phi) is 5.07. The molecule has 0 saturated heterocycles. The molecule has 0 atom stereocenters. The van der Waals surface area contributed by atoms with Crippen molar-refractivity contribution < 1.29 is 18.0 Å². The maximum atomic E-state index is 14.5.